The van der Waals surface area contributed by atoms with Gasteiger partial charge in [-0.1, -0.05) is 169 Å². The molecule has 10 heteroatoms. The fraction of sp³-hybridized carbons (Fsp3) is 1.00. The van der Waals surface area contributed by atoms with Gasteiger partial charge in [0.15, 0.2) is 0 Å². The lowest BCUT2D eigenvalue weighted by Gasteiger charge is -2.29. The molecule has 0 aromatic rings. The van der Waals surface area contributed by atoms with Crippen molar-refractivity contribution in [3.05, 3.63) is 0 Å². The molecule has 62 heavy (non-hydrogen) atoms. The molecule has 0 aliphatic carbocycles. The second-order valence-electron chi connectivity index (χ2n) is 19.4. The molecule has 374 valence electrons. The van der Waals surface area contributed by atoms with Crippen molar-refractivity contribution in [2.24, 2.45) is 0 Å². The van der Waals surface area contributed by atoms with Gasteiger partial charge in [-0.25, -0.2) is 0 Å². The van der Waals surface area contributed by atoms with Gasteiger partial charge in [0.2, 0.25) is 0 Å². The van der Waals surface area contributed by atoms with E-state index < -0.39 is 17.1 Å². The Morgan fingerprint density at radius 3 is 1.00 bits per heavy atom. The SMILES string of the molecule is CCCCCCCCO[Si](C)(C)OC(CCCCCCC)OCCCCCCN(CCCCO)CCCCCCOC(CCCCCCC)O[Si](C)(C)OCCCCCCCC. The van der Waals surface area contributed by atoms with E-state index in [9.17, 15) is 5.11 Å². The van der Waals surface area contributed by atoms with Gasteiger partial charge in [0.25, 0.3) is 0 Å². The van der Waals surface area contributed by atoms with Gasteiger partial charge in [-0.15, -0.1) is 0 Å². The zero-order valence-electron chi connectivity index (χ0n) is 43.2. The van der Waals surface area contributed by atoms with Crippen LogP contribution in [-0.2, 0) is 27.2 Å². The van der Waals surface area contributed by atoms with Gasteiger partial charge in [0.05, 0.1) is 0 Å². The Kier molecular flexibility index (Phi) is 46.3. The zero-order chi connectivity index (χ0) is 45.7. The van der Waals surface area contributed by atoms with Crippen LogP contribution in [0.15, 0.2) is 0 Å². The maximum Gasteiger partial charge on any atom is 0.333 e. The average Bonchev–Trinajstić information content (AvgIpc) is 3.24. The van der Waals surface area contributed by atoms with Crippen LogP contribution in [0.1, 0.15) is 246 Å². The summed E-state index contributed by atoms with van der Waals surface area (Å²) in [7, 11) is -4.47. The third-order valence-corrected chi connectivity index (χ3v) is 15.5. The molecular weight excluding hydrogens is 807 g/mol. The third-order valence-electron chi connectivity index (χ3n) is 12.0. The van der Waals surface area contributed by atoms with Crippen molar-refractivity contribution in [1.29, 1.82) is 0 Å². The molecular formula is C52H111NO7Si2. The fourth-order valence-corrected chi connectivity index (χ4v) is 11.1. The second-order valence-corrected chi connectivity index (χ2v) is 26.0. The van der Waals surface area contributed by atoms with Crippen molar-refractivity contribution >= 4 is 17.1 Å². The summed E-state index contributed by atoms with van der Waals surface area (Å²) in [5.41, 5.74) is 0. The number of hydrogen-bond acceptors (Lipinski definition) is 8. The average molecular weight is 919 g/mol. The second kappa shape index (κ2) is 46.2. The largest absolute Gasteiger partial charge is 0.396 e. The fourth-order valence-electron chi connectivity index (χ4n) is 8.08. The molecule has 0 heterocycles. The van der Waals surface area contributed by atoms with Crippen LogP contribution in [0.25, 0.3) is 0 Å². The monoisotopic (exact) mass is 918 g/mol. The third kappa shape index (κ3) is 44.0. The van der Waals surface area contributed by atoms with Crippen molar-refractivity contribution in [3.63, 3.8) is 0 Å². The Balaban J connectivity index is 4.63. The molecule has 0 spiro atoms. The maximum atomic E-state index is 9.43. The highest BCUT2D eigenvalue weighted by molar-refractivity contribution is 6.64. The van der Waals surface area contributed by atoms with Crippen LogP contribution in [0.3, 0.4) is 0 Å². The first-order valence-corrected chi connectivity index (χ1v) is 33.0. The maximum absolute atomic E-state index is 9.43. The minimum atomic E-state index is -2.24. The number of nitrogens with zero attached hydrogens (tertiary/aromatic N) is 1. The number of ether oxygens (including phenoxy) is 2. The van der Waals surface area contributed by atoms with E-state index >= 15 is 0 Å². The van der Waals surface area contributed by atoms with E-state index in [0.717, 1.165) is 110 Å². The van der Waals surface area contributed by atoms with E-state index in [-0.39, 0.29) is 19.2 Å². The van der Waals surface area contributed by atoms with Crippen molar-refractivity contribution < 1.29 is 32.3 Å². The molecule has 1 N–H and O–H groups in total. The number of aliphatic hydroxyl groups is 1. The van der Waals surface area contributed by atoms with Crippen LogP contribution >= 0.6 is 0 Å². The summed E-state index contributed by atoms with van der Waals surface area (Å²) in [6.07, 6.45) is 41.0. The molecule has 2 unspecified atom stereocenters. The van der Waals surface area contributed by atoms with Gasteiger partial charge in [0, 0.05) is 33.0 Å². The van der Waals surface area contributed by atoms with E-state index in [2.05, 4.69) is 58.8 Å². The quantitative estimate of drug-likeness (QED) is 0.0367. The molecule has 0 aromatic carbocycles. The number of aliphatic hydroxyl groups excluding tert-OH is 1. The first-order chi connectivity index (χ1) is 30.1. The van der Waals surface area contributed by atoms with Crippen molar-refractivity contribution in [2.75, 3.05) is 52.7 Å². The Hall–Kier alpha value is 0.114. The summed E-state index contributed by atoms with van der Waals surface area (Å²) in [6, 6.07) is 0. The van der Waals surface area contributed by atoms with Crippen molar-refractivity contribution in [2.45, 2.75) is 285 Å². The predicted octanol–water partition coefficient (Wildman–Crippen LogP) is 15.8. The van der Waals surface area contributed by atoms with Gasteiger partial charge >= 0.3 is 17.1 Å². The molecule has 0 aliphatic rings. The molecule has 0 amide bonds. The molecule has 0 aliphatic heterocycles. The van der Waals surface area contributed by atoms with E-state index in [1.807, 2.05) is 0 Å². The zero-order valence-corrected chi connectivity index (χ0v) is 45.2. The van der Waals surface area contributed by atoms with Crippen LogP contribution < -0.4 is 0 Å². The Labute approximate surface area is 390 Å². The predicted molar refractivity (Wildman–Crippen MR) is 272 cm³/mol. The summed E-state index contributed by atoms with van der Waals surface area (Å²) < 4.78 is 38.7. The Morgan fingerprint density at radius 1 is 0.355 bits per heavy atom. The van der Waals surface area contributed by atoms with Crippen molar-refractivity contribution in [1.82, 2.24) is 4.90 Å². The number of hydrogen-bond donors (Lipinski definition) is 1. The van der Waals surface area contributed by atoms with E-state index in [1.54, 1.807) is 0 Å². The Bertz CT molecular complexity index is 822. The summed E-state index contributed by atoms with van der Waals surface area (Å²) in [5.74, 6) is 0. The highest BCUT2D eigenvalue weighted by Crippen LogP contribution is 2.21. The van der Waals surface area contributed by atoms with E-state index in [4.69, 9.17) is 27.2 Å². The summed E-state index contributed by atoms with van der Waals surface area (Å²) in [5, 5.41) is 9.43. The molecule has 8 nitrogen and oxygen atoms in total. The molecule has 2 atom stereocenters. The van der Waals surface area contributed by atoms with Crippen molar-refractivity contribution in [3.8, 4) is 0 Å². The number of rotatable bonds is 52. The van der Waals surface area contributed by atoms with Gasteiger partial charge in [-0.3, -0.25) is 0 Å². The normalized spacial score (nSPS) is 13.5. The topological polar surface area (TPSA) is 78.9 Å². The lowest BCUT2D eigenvalue weighted by atomic mass is 10.1. The highest BCUT2D eigenvalue weighted by atomic mass is 28.4. The van der Waals surface area contributed by atoms with E-state index in [1.165, 1.54) is 154 Å². The van der Waals surface area contributed by atoms with Crippen LogP contribution in [0.5, 0.6) is 0 Å². The van der Waals surface area contributed by atoms with Crippen LogP contribution in [0.2, 0.25) is 26.2 Å². The van der Waals surface area contributed by atoms with Gasteiger partial charge in [-0.05, 0) is 123 Å². The molecule has 0 rings (SSSR count). The first kappa shape index (κ1) is 62.1. The van der Waals surface area contributed by atoms with Gasteiger partial charge in [-0.2, -0.15) is 0 Å². The molecule has 0 saturated heterocycles. The number of unbranched alkanes of at least 4 members (excludes halogenated alkanes) is 25. The minimum absolute atomic E-state index is 0.139. The lowest BCUT2D eigenvalue weighted by molar-refractivity contribution is -0.105. The van der Waals surface area contributed by atoms with Crippen LogP contribution in [0.4, 0.5) is 0 Å². The van der Waals surface area contributed by atoms with Gasteiger partial charge in [0.1, 0.15) is 12.6 Å². The molecule has 0 fully saturated rings. The highest BCUT2D eigenvalue weighted by Gasteiger charge is 2.30. The van der Waals surface area contributed by atoms with E-state index in [0.29, 0.717) is 0 Å². The summed E-state index contributed by atoms with van der Waals surface area (Å²) in [4.78, 5) is 2.64. The van der Waals surface area contributed by atoms with Gasteiger partial charge < -0.3 is 37.2 Å². The molecule has 0 aromatic heterocycles. The summed E-state index contributed by atoms with van der Waals surface area (Å²) >= 11 is 0. The Morgan fingerprint density at radius 2 is 0.645 bits per heavy atom. The minimum Gasteiger partial charge on any atom is -0.396 e. The van der Waals surface area contributed by atoms with Crippen LogP contribution in [0, 0.1) is 0 Å². The first-order valence-electron chi connectivity index (χ1n) is 27.3. The standard InChI is InChI=1S/C52H111NO7Si2/c1-9-13-17-21-27-39-49-57-61(5,6)59-51(41-31-23-19-15-11-3)55-47-37-29-25-33-43-53(45-35-36-46-54)44-34-26-30-38-48-56-52(42-32-24-20-16-12-4)60-62(7,8)58-50-40-28-22-18-14-10-2/h51-52,54H,9-50H2,1-8H3. The molecule has 0 radical (unpaired) electrons. The lowest BCUT2D eigenvalue weighted by Crippen LogP contribution is -2.40. The molecule has 0 bridgehead atoms. The molecule has 0 saturated carbocycles. The summed E-state index contributed by atoms with van der Waals surface area (Å²) in [6.45, 7) is 24.7. The smallest absolute Gasteiger partial charge is 0.333 e. The van der Waals surface area contributed by atoms with Crippen LogP contribution in [-0.4, -0.2) is 92.4 Å².